The molecule has 0 bridgehead atoms. The second kappa shape index (κ2) is 7.21. The first-order chi connectivity index (χ1) is 12.0. The number of aliphatic hydroxyl groups is 1. The highest BCUT2D eigenvalue weighted by molar-refractivity contribution is 5.94. The van der Waals surface area contributed by atoms with Gasteiger partial charge in [-0.1, -0.05) is 24.3 Å². The van der Waals surface area contributed by atoms with E-state index in [1.165, 1.54) is 18.5 Å². The first kappa shape index (κ1) is 17.4. The maximum absolute atomic E-state index is 12.7. The molecular weight excluding hydrogens is 320 g/mol. The Morgan fingerprint density at radius 2 is 2.16 bits per heavy atom. The molecule has 1 saturated heterocycles. The van der Waals surface area contributed by atoms with Gasteiger partial charge in [-0.25, -0.2) is 0 Å². The van der Waals surface area contributed by atoms with E-state index in [4.69, 9.17) is 4.74 Å². The lowest BCUT2D eigenvalue weighted by Crippen LogP contribution is -2.56. The summed E-state index contributed by atoms with van der Waals surface area (Å²) in [6.45, 7) is 2.91. The highest BCUT2D eigenvalue weighted by atomic mass is 16.5. The maximum atomic E-state index is 12.7. The number of aromatic nitrogens is 1. The van der Waals surface area contributed by atoms with Gasteiger partial charge in [-0.2, -0.15) is 0 Å². The van der Waals surface area contributed by atoms with Gasteiger partial charge in [0.2, 0.25) is 0 Å². The number of carbonyl (C=O) groups is 1. The highest BCUT2D eigenvalue weighted by Crippen LogP contribution is 2.26. The van der Waals surface area contributed by atoms with Gasteiger partial charge < -0.3 is 19.8 Å². The molecule has 1 aromatic heterocycles. The molecule has 0 spiro atoms. The Bertz CT molecular complexity index is 765. The summed E-state index contributed by atoms with van der Waals surface area (Å²) in [4.78, 5) is 18.2. The average molecular weight is 342 g/mol. The van der Waals surface area contributed by atoms with E-state index in [1.54, 1.807) is 4.90 Å². The lowest BCUT2D eigenvalue weighted by molar-refractivity contribution is -0.123. The van der Waals surface area contributed by atoms with Gasteiger partial charge in [-0.3, -0.25) is 9.78 Å². The second-order valence-electron chi connectivity index (χ2n) is 6.45. The molecular formula is C19H22N2O4. The predicted molar refractivity (Wildman–Crippen MR) is 92.5 cm³/mol. The van der Waals surface area contributed by atoms with Crippen molar-refractivity contribution in [2.75, 3.05) is 26.3 Å². The first-order valence-corrected chi connectivity index (χ1v) is 8.26. The normalized spacial score (nSPS) is 20.5. The zero-order valence-corrected chi connectivity index (χ0v) is 14.2. The van der Waals surface area contributed by atoms with Crippen molar-refractivity contribution in [3.05, 3.63) is 59.4 Å². The Morgan fingerprint density at radius 1 is 1.36 bits per heavy atom. The Labute approximate surface area is 146 Å². The smallest absolute Gasteiger partial charge is 0.255 e. The number of aliphatic hydroxyl groups excluding tert-OH is 1. The van der Waals surface area contributed by atoms with Gasteiger partial charge in [0.05, 0.1) is 31.5 Å². The van der Waals surface area contributed by atoms with Gasteiger partial charge in [0, 0.05) is 19.2 Å². The van der Waals surface area contributed by atoms with Crippen LogP contribution in [0.4, 0.5) is 0 Å². The van der Waals surface area contributed by atoms with E-state index in [-0.39, 0.29) is 24.8 Å². The largest absolute Gasteiger partial charge is 0.506 e. The van der Waals surface area contributed by atoms with Crippen molar-refractivity contribution in [1.82, 2.24) is 9.88 Å². The van der Waals surface area contributed by atoms with Gasteiger partial charge in [0.25, 0.3) is 5.91 Å². The molecule has 1 amide bonds. The lowest BCUT2D eigenvalue weighted by Gasteiger charge is -2.42. The summed E-state index contributed by atoms with van der Waals surface area (Å²) in [5.41, 5.74) is 1.71. The fourth-order valence-electron chi connectivity index (χ4n) is 3.16. The van der Waals surface area contributed by atoms with Crippen molar-refractivity contribution in [2.45, 2.75) is 18.9 Å². The molecule has 1 aromatic carbocycles. The van der Waals surface area contributed by atoms with Crippen LogP contribution < -0.4 is 0 Å². The van der Waals surface area contributed by atoms with Crippen molar-refractivity contribution in [1.29, 1.82) is 0 Å². The Hall–Kier alpha value is -2.44. The first-order valence-electron chi connectivity index (χ1n) is 8.26. The molecule has 1 aliphatic rings. The lowest BCUT2D eigenvalue weighted by atomic mass is 9.90. The van der Waals surface area contributed by atoms with E-state index >= 15 is 0 Å². The number of rotatable bonds is 4. The second-order valence-corrected chi connectivity index (χ2v) is 6.45. The molecule has 2 aromatic rings. The molecule has 0 aliphatic carbocycles. The summed E-state index contributed by atoms with van der Waals surface area (Å²) in [7, 11) is 0. The van der Waals surface area contributed by atoms with Crippen LogP contribution in [0, 0.1) is 6.92 Å². The molecule has 2 heterocycles. The number of pyridine rings is 1. The van der Waals surface area contributed by atoms with Crippen molar-refractivity contribution >= 4 is 5.91 Å². The summed E-state index contributed by atoms with van der Waals surface area (Å²) in [6, 6.07) is 9.35. The minimum Gasteiger partial charge on any atom is -0.506 e. The molecule has 1 fully saturated rings. The van der Waals surface area contributed by atoms with E-state index < -0.39 is 5.60 Å². The van der Waals surface area contributed by atoms with Crippen LogP contribution in [0.3, 0.4) is 0 Å². The molecule has 1 aliphatic heterocycles. The Kier molecular flexibility index (Phi) is 5.01. The van der Waals surface area contributed by atoms with Crippen LogP contribution in [0.2, 0.25) is 0 Å². The van der Waals surface area contributed by atoms with Crippen LogP contribution >= 0.6 is 0 Å². The third-order valence-corrected chi connectivity index (χ3v) is 4.57. The summed E-state index contributed by atoms with van der Waals surface area (Å²) in [6.07, 6.45) is 3.24. The molecule has 1 atom stereocenters. The minimum atomic E-state index is -0.829. The molecule has 0 saturated carbocycles. The van der Waals surface area contributed by atoms with Crippen molar-refractivity contribution in [3.8, 4) is 5.75 Å². The molecule has 132 valence electrons. The Morgan fingerprint density at radius 3 is 2.88 bits per heavy atom. The number of morpholine rings is 1. The third-order valence-electron chi connectivity index (χ3n) is 4.57. The number of ether oxygens (including phenoxy) is 1. The van der Waals surface area contributed by atoms with Gasteiger partial charge >= 0.3 is 0 Å². The topological polar surface area (TPSA) is 82.9 Å². The quantitative estimate of drug-likeness (QED) is 0.881. The van der Waals surface area contributed by atoms with Crippen molar-refractivity contribution < 1.29 is 19.7 Å². The summed E-state index contributed by atoms with van der Waals surface area (Å²) >= 11 is 0. The molecule has 0 radical (unpaired) electrons. The number of nitrogens with zero attached hydrogens (tertiary/aromatic N) is 2. The number of carbonyl (C=O) groups excluding carboxylic acids is 1. The summed E-state index contributed by atoms with van der Waals surface area (Å²) in [5, 5.41) is 19.5. The molecule has 3 rings (SSSR count). The number of aromatic hydroxyl groups is 1. The van der Waals surface area contributed by atoms with Crippen molar-refractivity contribution in [3.63, 3.8) is 0 Å². The number of benzene rings is 1. The Balaban J connectivity index is 1.80. The zero-order chi connectivity index (χ0) is 17.9. The SMILES string of the molecule is Cc1ccccc1CC1(CO)CN(C(=O)c2cncc(O)c2)CCO1. The highest BCUT2D eigenvalue weighted by Gasteiger charge is 2.38. The van der Waals surface area contributed by atoms with Crippen LogP contribution in [0.25, 0.3) is 0 Å². The minimum absolute atomic E-state index is 0.0487. The van der Waals surface area contributed by atoms with Crippen LogP contribution in [-0.4, -0.2) is 57.9 Å². The fourth-order valence-corrected chi connectivity index (χ4v) is 3.16. The number of amides is 1. The van der Waals surface area contributed by atoms with E-state index in [1.807, 2.05) is 31.2 Å². The van der Waals surface area contributed by atoms with Gasteiger partial charge in [-0.05, 0) is 24.1 Å². The third kappa shape index (κ3) is 3.81. The fraction of sp³-hybridized carbons (Fsp3) is 0.368. The van der Waals surface area contributed by atoms with Gasteiger partial charge in [-0.15, -0.1) is 0 Å². The molecule has 6 nitrogen and oxygen atoms in total. The van der Waals surface area contributed by atoms with Crippen LogP contribution in [0.15, 0.2) is 42.7 Å². The number of hydrogen-bond donors (Lipinski definition) is 2. The molecule has 1 unspecified atom stereocenters. The van der Waals surface area contributed by atoms with Crippen molar-refractivity contribution in [2.24, 2.45) is 0 Å². The standard InChI is InChI=1S/C19H22N2O4/c1-14-4-2-3-5-15(14)9-19(13-22)12-21(6-7-25-19)18(24)16-8-17(23)11-20-10-16/h2-5,8,10-11,22-23H,6-7,9,12-13H2,1H3. The average Bonchev–Trinajstić information content (AvgIpc) is 2.63. The van der Waals surface area contributed by atoms with Crippen LogP contribution in [-0.2, 0) is 11.2 Å². The van der Waals surface area contributed by atoms with E-state index in [0.29, 0.717) is 25.1 Å². The van der Waals surface area contributed by atoms with Crippen LogP contribution in [0.1, 0.15) is 21.5 Å². The molecule has 25 heavy (non-hydrogen) atoms. The molecule has 2 N–H and O–H groups in total. The van der Waals surface area contributed by atoms with E-state index in [2.05, 4.69) is 4.98 Å². The van der Waals surface area contributed by atoms with Gasteiger partial charge in [0.15, 0.2) is 0 Å². The number of aryl methyl sites for hydroxylation is 1. The van der Waals surface area contributed by atoms with Crippen LogP contribution in [0.5, 0.6) is 5.75 Å². The van der Waals surface area contributed by atoms with E-state index in [0.717, 1.165) is 11.1 Å². The maximum Gasteiger partial charge on any atom is 0.255 e. The molecule has 6 heteroatoms. The van der Waals surface area contributed by atoms with Gasteiger partial charge in [0.1, 0.15) is 11.4 Å². The summed E-state index contributed by atoms with van der Waals surface area (Å²) in [5.74, 6) is -0.276. The number of hydrogen-bond acceptors (Lipinski definition) is 5. The zero-order valence-electron chi connectivity index (χ0n) is 14.2. The summed E-state index contributed by atoms with van der Waals surface area (Å²) < 4.78 is 5.90. The monoisotopic (exact) mass is 342 g/mol. The predicted octanol–water partition coefficient (Wildman–Crippen LogP) is 1.54. The van der Waals surface area contributed by atoms with E-state index in [9.17, 15) is 15.0 Å².